The summed E-state index contributed by atoms with van der Waals surface area (Å²) in [4.78, 5) is 13.1. The molecule has 1 atom stereocenters. The highest BCUT2D eigenvalue weighted by Gasteiger charge is 2.22. The van der Waals surface area contributed by atoms with E-state index in [0.717, 1.165) is 0 Å². The zero-order chi connectivity index (χ0) is 13.0. The Hall–Kier alpha value is -1.49. The maximum atomic E-state index is 13.4. The summed E-state index contributed by atoms with van der Waals surface area (Å²) in [5.41, 5.74) is 5.38. The number of carbonyl (C=O) groups is 1. The fourth-order valence-electron chi connectivity index (χ4n) is 1.61. The van der Waals surface area contributed by atoms with Gasteiger partial charge in [-0.15, -0.1) is 0 Å². The molecule has 0 bridgehead atoms. The minimum absolute atomic E-state index is 0.0218. The number of hydrogen-bond donors (Lipinski definition) is 1. The van der Waals surface area contributed by atoms with Crippen molar-refractivity contribution in [1.29, 1.82) is 0 Å². The molecule has 0 saturated carbocycles. The fourth-order valence-corrected chi connectivity index (χ4v) is 1.61. The maximum Gasteiger partial charge on any atom is 0.226 e. The molecule has 94 valence electrons. The average Bonchev–Trinajstić information content (AvgIpc) is 2.28. The Bertz CT molecular complexity index is 387. The fraction of sp³-hybridized carbons (Fsp3) is 0.417. The maximum absolute atomic E-state index is 13.4. The zero-order valence-corrected chi connectivity index (χ0v) is 9.91. The number of benzene rings is 1. The van der Waals surface area contributed by atoms with Gasteiger partial charge in [-0.1, -0.05) is 6.07 Å². The standard InChI is InChI=1S/C12H16F2N2O/c1-16(2)12(17)8(7-15)6-9-10(13)4-3-5-11(9)14/h3-5,8H,6-7,15H2,1-2H3. The number of nitrogens with zero attached hydrogens (tertiary/aromatic N) is 1. The third-order valence-electron chi connectivity index (χ3n) is 2.59. The highest BCUT2D eigenvalue weighted by atomic mass is 19.1. The van der Waals surface area contributed by atoms with Crippen LogP contribution in [0.15, 0.2) is 18.2 Å². The molecular formula is C12H16F2N2O. The van der Waals surface area contributed by atoms with Crippen molar-refractivity contribution in [3.63, 3.8) is 0 Å². The van der Waals surface area contributed by atoms with Crippen molar-refractivity contribution in [1.82, 2.24) is 4.90 Å². The van der Waals surface area contributed by atoms with E-state index in [1.807, 2.05) is 0 Å². The smallest absolute Gasteiger partial charge is 0.226 e. The molecule has 1 unspecified atom stereocenters. The van der Waals surface area contributed by atoms with Crippen molar-refractivity contribution in [3.05, 3.63) is 35.4 Å². The molecule has 5 heteroatoms. The van der Waals surface area contributed by atoms with Crippen LogP contribution in [-0.4, -0.2) is 31.4 Å². The summed E-state index contributed by atoms with van der Waals surface area (Å²) in [5.74, 6) is -2.11. The number of hydrogen-bond acceptors (Lipinski definition) is 2. The van der Waals surface area contributed by atoms with Crippen LogP contribution in [-0.2, 0) is 11.2 Å². The summed E-state index contributed by atoms with van der Waals surface area (Å²) in [6, 6.07) is 3.64. The third-order valence-corrected chi connectivity index (χ3v) is 2.59. The second kappa shape index (κ2) is 5.72. The van der Waals surface area contributed by atoms with E-state index in [1.54, 1.807) is 14.1 Å². The van der Waals surface area contributed by atoms with Crippen LogP contribution in [0.25, 0.3) is 0 Å². The summed E-state index contributed by atoms with van der Waals surface area (Å²) < 4.78 is 26.8. The SMILES string of the molecule is CN(C)C(=O)C(CN)Cc1c(F)cccc1F. The van der Waals surface area contributed by atoms with Crippen LogP contribution in [0.3, 0.4) is 0 Å². The molecule has 1 aromatic rings. The van der Waals surface area contributed by atoms with Gasteiger partial charge in [0.1, 0.15) is 11.6 Å². The van der Waals surface area contributed by atoms with Gasteiger partial charge >= 0.3 is 0 Å². The van der Waals surface area contributed by atoms with Gasteiger partial charge in [-0.05, 0) is 18.6 Å². The van der Waals surface area contributed by atoms with E-state index in [0.29, 0.717) is 0 Å². The lowest BCUT2D eigenvalue weighted by Gasteiger charge is -2.19. The average molecular weight is 242 g/mol. The summed E-state index contributed by atoms with van der Waals surface area (Å²) in [5, 5.41) is 0. The molecule has 0 aliphatic heterocycles. The minimum atomic E-state index is -0.644. The Morgan fingerprint density at radius 2 is 1.88 bits per heavy atom. The molecule has 0 saturated heterocycles. The van der Waals surface area contributed by atoms with Crippen LogP contribution in [0, 0.1) is 17.6 Å². The van der Waals surface area contributed by atoms with Gasteiger partial charge in [-0.25, -0.2) is 8.78 Å². The molecule has 1 aromatic carbocycles. The monoisotopic (exact) mass is 242 g/mol. The summed E-state index contributed by atoms with van der Waals surface area (Å²) >= 11 is 0. The molecule has 0 spiro atoms. The predicted molar refractivity (Wildman–Crippen MR) is 61.3 cm³/mol. The van der Waals surface area contributed by atoms with Gasteiger partial charge in [0, 0.05) is 26.2 Å². The molecule has 2 N–H and O–H groups in total. The molecule has 0 aliphatic rings. The summed E-state index contributed by atoms with van der Waals surface area (Å²) in [6.07, 6.45) is -0.0218. The molecule has 0 aliphatic carbocycles. The summed E-state index contributed by atoms with van der Waals surface area (Å²) in [7, 11) is 3.17. The van der Waals surface area contributed by atoms with Crippen LogP contribution in [0.5, 0.6) is 0 Å². The Morgan fingerprint density at radius 1 is 1.35 bits per heavy atom. The highest BCUT2D eigenvalue weighted by molar-refractivity contribution is 5.78. The molecule has 0 aromatic heterocycles. The van der Waals surface area contributed by atoms with Crippen molar-refractivity contribution in [2.24, 2.45) is 11.7 Å². The number of halogens is 2. The summed E-state index contributed by atoms with van der Waals surface area (Å²) in [6.45, 7) is 0.0603. The third kappa shape index (κ3) is 3.23. The van der Waals surface area contributed by atoms with Crippen LogP contribution in [0.1, 0.15) is 5.56 Å². The second-order valence-electron chi connectivity index (χ2n) is 4.07. The van der Waals surface area contributed by atoms with E-state index in [2.05, 4.69) is 0 Å². The first-order valence-corrected chi connectivity index (χ1v) is 5.31. The van der Waals surface area contributed by atoms with Crippen molar-refractivity contribution in [2.45, 2.75) is 6.42 Å². The Labute approximate surface area is 99.2 Å². The lowest BCUT2D eigenvalue weighted by molar-refractivity contribution is -0.132. The van der Waals surface area contributed by atoms with E-state index in [1.165, 1.54) is 23.1 Å². The van der Waals surface area contributed by atoms with Crippen molar-refractivity contribution in [2.75, 3.05) is 20.6 Å². The van der Waals surface area contributed by atoms with Gasteiger partial charge in [0.25, 0.3) is 0 Å². The Morgan fingerprint density at radius 3 is 2.29 bits per heavy atom. The van der Waals surface area contributed by atoms with Gasteiger partial charge in [0.2, 0.25) is 5.91 Å². The Kier molecular flexibility index (Phi) is 4.57. The first-order valence-electron chi connectivity index (χ1n) is 5.31. The largest absolute Gasteiger partial charge is 0.349 e. The number of carbonyl (C=O) groups excluding carboxylic acids is 1. The highest BCUT2D eigenvalue weighted by Crippen LogP contribution is 2.17. The normalized spacial score (nSPS) is 12.3. The molecule has 17 heavy (non-hydrogen) atoms. The molecule has 0 heterocycles. The number of rotatable bonds is 4. The van der Waals surface area contributed by atoms with Crippen LogP contribution >= 0.6 is 0 Å². The second-order valence-corrected chi connectivity index (χ2v) is 4.07. The minimum Gasteiger partial charge on any atom is -0.349 e. The van der Waals surface area contributed by atoms with E-state index in [9.17, 15) is 13.6 Å². The van der Waals surface area contributed by atoms with Gasteiger partial charge < -0.3 is 10.6 Å². The lowest BCUT2D eigenvalue weighted by Crippen LogP contribution is -2.35. The van der Waals surface area contributed by atoms with E-state index >= 15 is 0 Å². The number of amides is 1. The molecular weight excluding hydrogens is 226 g/mol. The van der Waals surface area contributed by atoms with Gasteiger partial charge in [0.05, 0.1) is 5.92 Å². The van der Waals surface area contributed by atoms with Crippen LogP contribution in [0.4, 0.5) is 8.78 Å². The molecule has 1 amide bonds. The van der Waals surface area contributed by atoms with E-state index in [-0.39, 0.29) is 24.4 Å². The van der Waals surface area contributed by atoms with Crippen molar-refractivity contribution in [3.8, 4) is 0 Å². The molecule has 1 rings (SSSR count). The Balaban J connectivity index is 2.92. The lowest BCUT2D eigenvalue weighted by atomic mass is 9.97. The number of nitrogens with two attached hydrogens (primary N) is 1. The van der Waals surface area contributed by atoms with Gasteiger partial charge in [-0.3, -0.25) is 4.79 Å². The van der Waals surface area contributed by atoms with Crippen LogP contribution in [0.2, 0.25) is 0 Å². The molecule has 3 nitrogen and oxygen atoms in total. The van der Waals surface area contributed by atoms with Crippen LogP contribution < -0.4 is 5.73 Å². The van der Waals surface area contributed by atoms with Crippen molar-refractivity contribution >= 4 is 5.91 Å². The van der Waals surface area contributed by atoms with Gasteiger partial charge in [-0.2, -0.15) is 0 Å². The quantitative estimate of drug-likeness (QED) is 0.861. The first kappa shape index (κ1) is 13.6. The zero-order valence-electron chi connectivity index (χ0n) is 9.91. The van der Waals surface area contributed by atoms with E-state index < -0.39 is 17.6 Å². The van der Waals surface area contributed by atoms with Gasteiger partial charge in [0.15, 0.2) is 0 Å². The first-order chi connectivity index (χ1) is 7.97. The molecule has 0 fully saturated rings. The van der Waals surface area contributed by atoms with Crippen molar-refractivity contribution < 1.29 is 13.6 Å². The molecule has 0 radical (unpaired) electrons. The van der Waals surface area contributed by atoms with E-state index in [4.69, 9.17) is 5.73 Å². The predicted octanol–water partition coefficient (Wildman–Crippen LogP) is 1.17. The topological polar surface area (TPSA) is 46.3 Å².